The summed E-state index contributed by atoms with van der Waals surface area (Å²) in [6, 6.07) is 3.92. The Balaban J connectivity index is 2.16. The molecule has 1 N–H and O–H groups in total. The van der Waals surface area contributed by atoms with Crippen molar-refractivity contribution in [3.8, 4) is 6.07 Å². The number of carbonyl (C=O) groups is 1. The fourth-order valence-electron chi connectivity index (χ4n) is 2.26. The molecule has 18 heavy (non-hydrogen) atoms. The molecule has 1 aromatic heterocycles. The molecule has 0 radical (unpaired) electrons. The van der Waals surface area contributed by atoms with Gasteiger partial charge in [-0.15, -0.1) is 0 Å². The molecule has 0 saturated heterocycles. The number of nitrogens with zero attached hydrogens (tertiary/aromatic N) is 2. The van der Waals surface area contributed by atoms with Gasteiger partial charge in [-0.3, -0.25) is 9.78 Å². The summed E-state index contributed by atoms with van der Waals surface area (Å²) in [5, 5.41) is 12.2. The molecule has 94 valence electrons. The van der Waals surface area contributed by atoms with Gasteiger partial charge in [-0.25, -0.2) is 0 Å². The Labute approximate surface area is 115 Å². The summed E-state index contributed by atoms with van der Waals surface area (Å²) in [5.41, 5.74) is -0.178. The normalized spacial score (nSPS) is 17.8. The minimum atomic E-state index is -0.696. The van der Waals surface area contributed by atoms with Gasteiger partial charge >= 0.3 is 0 Å². The minimum absolute atomic E-state index is 0.215. The van der Waals surface area contributed by atoms with Gasteiger partial charge in [0.2, 0.25) is 0 Å². The molecule has 1 aliphatic carbocycles. The van der Waals surface area contributed by atoms with E-state index in [9.17, 15) is 10.1 Å². The van der Waals surface area contributed by atoms with Crippen molar-refractivity contribution >= 4 is 21.8 Å². The Bertz CT molecular complexity index is 489. The summed E-state index contributed by atoms with van der Waals surface area (Å²) in [6.07, 6.45) is 7.74. The molecule has 5 heteroatoms. The first-order valence-corrected chi connectivity index (χ1v) is 6.79. The number of pyridine rings is 1. The van der Waals surface area contributed by atoms with E-state index >= 15 is 0 Å². The monoisotopic (exact) mass is 307 g/mol. The molecule has 2 rings (SSSR count). The zero-order chi connectivity index (χ0) is 13.0. The summed E-state index contributed by atoms with van der Waals surface area (Å²) in [7, 11) is 0. The van der Waals surface area contributed by atoms with E-state index in [0.29, 0.717) is 10.0 Å². The highest BCUT2D eigenvalue weighted by Gasteiger charge is 2.34. The molecule has 0 unspecified atom stereocenters. The minimum Gasteiger partial charge on any atom is -0.334 e. The van der Waals surface area contributed by atoms with Gasteiger partial charge in [0.15, 0.2) is 0 Å². The van der Waals surface area contributed by atoms with E-state index in [4.69, 9.17) is 0 Å². The summed E-state index contributed by atoms with van der Waals surface area (Å²) in [6.45, 7) is 0. The van der Waals surface area contributed by atoms with Gasteiger partial charge in [0, 0.05) is 16.9 Å². The number of aromatic nitrogens is 1. The number of rotatable bonds is 2. The quantitative estimate of drug-likeness (QED) is 0.913. The molecule has 0 spiro atoms. The van der Waals surface area contributed by atoms with Crippen molar-refractivity contribution in [2.24, 2.45) is 0 Å². The van der Waals surface area contributed by atoms with Crippen LogP contribution in [-0.4, -0.2) is 16.4 Å². The average Bonchev–Trinajstić information content (AvgIpc) is 2.40. The molecule has 1 fully saturated rings. The van der Waals surface area contributed by atoms with Crippen molar-refractivity contribution in [3.63, 3.8) is 0 Å². The molecule has 0 aromatic carbocycles. The molecule has 1 aromatic rings. The Hall–Kier alpha value is -1.41. The molecule has 1 amide bonds. The van der Waals surface area contributed by atoms with Crippen LogP contribution in [0.5, 0.6) is 0 Å². The van der Waals surface area contributed by atoms with Crippen LogP contribution in [0.15, 0.2) is 22.9 Å². The third kappa shape index (κ3) is 2.70. The van der Waals surface area contributed by atoms with E-state index in [1.807, 2.05) is 0 Å². The van der Waals surface area contributed by atoms with Crippen LogP contribution in [0.1, 0.15) is 42.5 Å². The first-order chi connectivity index (χ1) is 8.67. The van der Waals surface area contributed by atoms with Crippen molar-refractivity contribution in [2.45, 2.75) is 37.6 Å². The SMILES string of the molecule is N#CC1(NC(=O)c2ccncc2Br)CCCCC1. The van der Waals surface area contributed by atoms with Crippen LogP contribution in [0.3, 0.4) is 0 Å². The smallest absolute Gasteiger partial charge is 0.253 e. The number of carbonyl (C=O) groups excluding carboxylic acids is 1. The second kappa shape index (κ2) is 5.49. The molecular formula is C13H14BrN3O. The van der Waals surface area contributed by atoms with E-state index in [1.54, 1.807) is 18.5 Å². The Kier molecular flexibility index (Phi) is 3.97. The number of amides is 1. The zero-order valence-corrected chi connectivity index (χ0v) is 11.5. The van der Waals surface area contributed by atoms with Crippen LogP contribution in [-0.2, 0) is 0 Å². The Morgan fingerprint density at radius 2 is 2.17 bits per heavy atom. The van der Waals surface area contributed by atoms with Gasteiger partial charge in [0.05, 0.1) is 11.6 Å². The lowest BCUT2D eigenvalue weighted by Gasteiger charge is -2.31. The topological polar surface area (TPSA) is 65.8 Å². The van der Waals surface area contributed by atoms with E-state index < -0.39 is 5.54 Å². The summed E-state index contributed by atoms with van der Waals surface area (Å²) in [4.78, 5) is 16.1. The third-order valence-corrected chi connectivity index (χ3v) is 3.92. The van der Waals surface area contributed by atoms with Crippen LogP contribution >= 0.6 is 15.9 Å². The molecular weight excluding hydrogens is 294 g/mol. The van der Waals surface area contributed by atoms with Gasteiger partial charge in [-0.1, -0.05) is 19.3 Å². The predicted octanol–water partition coefficient (Wildman–Crippen LogP) is 2.80. The molecule has 1 saturated carbocycles. The molecule has 4 nitrogen and oxygen atoms in total. The highest BCUT2D eigenvalue weighted by molar-refractivity contribution is 9.10. The van der Waals surface area contributed by atoms with E-state index in [0.717, 1.165) is 32.1 Å². The molecule has 0 aliphatic heterocycles. The lowest BCUT2D eigenvalue weighted by Crippen LogP contribution is -2.48. The summed E-state index contributed by atoms with van der Waals surface area (Å²) >= 11 is 3.29. The van der Waals surface area contributed by atoms with Crippen LogP contribution in [0.2, 0.25) is 0 Å². The molecule has 1 heterocycles. The Morgan fingerprint density at radius 1 is 1.44 bits per heavy atom. The van der Waals surface area contributed by atoms with Crippen molar-refractivity contribution in [3.05, 3.63) is 28.5 Å². The second-order valence-electron chi connectivity index (χ2n) is 4.56. The van der Waals surface area contributed by atoms with Crippen LogP contribution in [0.25, 0.3) is 0 Å². The molecule has 0 atom stereocenters. The van der Waals surface area contributed by atoms with Gasteiger partial charge in [-0.05, 0) is 34.8 Å². The van der Waals surface area contributed by atoms with Crippen LogP contribution in [0.4, 0.5) is 0 Å². The third-order valence-electron chi connectivity index (χ3n) is 3.29. The maximum absolute atomic E-state index is 12.2. The summed E-state index contributed by atoms with van der Waals surface area (Å²) in [5.74, 6) is -0.215. The first kappa shape index (κ1) is 13.0. The Morgan fingerprint density at radius 3 is 2.78 bits per heavy atom. The molecule has 1 aliphatic rings. The van der Waals surface area contributed by atoms with E-state index in [2.05, 4.69) is 32.3 Å². The highest BCUT2D eigenvalue weighted by Crippen LogP contribution is 2.28. The number of hydrogen-bond donors (Lipinski definition) is 1. The first-order valence-electron chi connectivity index (χ1n) is 6.00. The highest BCUT2D eigenvalue weighted by atomic mass is 79.9. The van der Waals surface area contributed by atoms with Crippen molar-refractivity contribution in [1.29, 1.82) is 5.26 Å². The van der Waals surface area contributed by atoms with Crippen LogP contribution < -0.4 is 5.32 Å². The van der Waals surface area contributed by atoms with Gasteiger partial charge in [-0.2, -0.15) is 5.26 Å². The fraction of sp³-hybridized carbons (Fsp3) is 0.462. The number of hydrogen-bond acceptors (Lipinski definition) is 3. The van der Waals surface area contributed by atoms with Crippen molar-refractivity contribution in [2.75, 3.05) is 0 Å². The second-order valence-corrected chi connectivity index (χ2v) is 5.42. The van der Waals surface area contributed by atoms with Gasteiger partial charge in [0.1, 0.15) is 5.54 Å². The van der Waals surface area contributed by atoms with Crippen LogP contribution in [0, 0.1) is 11.3 Å². The van der Waals surface area contributed by atoms with Gasteiger partial charge in [0.25, 0.3) is 5.91 Å². The van der Waals surface area contributed by atoms with E-state index in [-0.39, 0.29) is 5.91 Å². The molecule has 0 bridgehead atoms. The number of halogens is 1. The zero-order valence-electron chi connectivity index (χ0n) is 9.95. The van der Waals surface area contributed by atoms with E-state index in [1.165, 1.54) is 0 Å². The van der Waals surface area contributed by atoms with Crippen molar-refractivity contribution < 1.29 is 4.79 Å². The average molecular weight is 308 g/mol. The number of nitriles is 1. The number of nitrogens with one attached hydrogen (secondary N) is 1. The lowest BCUT2D eigenvalue weighted by molar-refractivity contribution is 0.0902. The predicted molar refractivity (Wildman–Crippen MR) is 70.8 cm³/mol. The standard InChI is InChI=1S/C13H14BrN3O/c14-11-8-16-7-4-10(11)12(18)17-13(9-15)5-2-1-3-6-13/h4,7-8H,1-3,5-6H2,(H,17,18). The summed E-state index contributed by atoms with van der Waals surface area (Å²) < 4.78 is 0.645. The lowest BCUT2D eigenvalue weighted by atomic mass is 9.82. The van der Waals surface area contributed by atoms with Crippen molar-refractivity contribution in [1.82, 2.24) is 10.3 Å². The van der Waals surface area contributed by atoms with Gasteiger partial charge < -0.3 is 5.32 Å². The fourth-order valence-corrected chi connectivity index (χ4v) is 2.69. The largest absolute Gasteiger partial charge is 0.334 e. The maximum atomic E-state index is 12.2. The maximum Gasteiger partial charge on any atom is 0.253 e.